The second kappa shape index (κ2) is 10.9. The third kappa shape index (κ3) is 6.40. The third-order valence-corrected chi connectivity index (χ3v) is 5.95. The third-order valence-electron chi connectivity index (χ3n) is 5.95. The summed E-state index contributed by atoms with van der Waals surface area (Å²) in [4.78, 5) is 3.94. The van der Waals surface area contributed by atoms with E-state index in [-0.39, 0.29) is 5.69 Å². The van der Waals surface area contributed by atoms with E-state index in [1.807, 2.05) is 48.5 Å². The van der Waals surface area contributed by atoms with Crippen molar-refractivity contribution in [2.45, 2.75) is 32.1 Å². The standard InChI is InChI=1S/C31H23F3N2/c1-22-18-29(32)16-15-28(22)19-31(33,34)30-17-14-27(21-36-30)13-10-24-5-2-23(3-6-24)4-7-25-8-11-26(20-35)12-9-25/h2-3,5-6,8-9,11-12,14-18,21H,4,7,19H2,1H3. The predicted molar refractivity (Wildman–Crippen MR) is 134 cm³/mol. The molecule has 0 radical (unpaired) electrons. The van der Waals surface area contributed by atoms with Gasteiger partial charge < -0.3 is 0 Å². The van der Waals surface area contributed by atoms with E-state index in [9.17, 15) is 13.2 Å². The van der Waals surface area contributed by atoms with E-state index in [0.29, 0.717) is 22.3 Å². The van der Waals surface area contributed by atoms with E-state index < -0.39 is 18.2 Å². The van der Waals surface area contributed by atoms with Crippen LogP contribution in [0.2, 0.25) is 0 Å². The molecule has 0 fully saturated rings. The first-order valence-corrected chi connectivity index (χ1v) is 11.5. The fourth-order valence-electron chi connectivity index (χ4n) is 3.81. The number of aryl methyl sites for hydroxylation is 3. The van der Waals surface area contributed by atoms with E-state index in [1.165, 1.54) is 47.7 Å². The summed E-state index contributed by atoms with van der Waals surface area (Å²) in [5.41, 5.74) is 4.88. The molecule has 0 aliphatic rings. The number of rotatable bonds is 6. The Balaban J connectivity index is 1.36. The maximum absolute atomic E-state index is 14.7. The van der Waals surface area contributed by atoms with Crippen molar-refractivity contribution in [2.24, 2.45) is 0 Å². The maximum Gasteiger partial charge on any atom is 0.293 e. The van der Waals surface area contributed by atoms with Crippen LogP contribution in [0.1, 0.15) is 44.6 Å². The highest BCUT2D eigenvalue weighted by Crippen LogP contribution is 2.31. The summed E-state index contributed by atoms with van der Waals surface area (Å²) in [7, 11) is 0. The Morgan fingerprint density at radius 3 is 1.92 bits per heavy atom. The number of pyridine rings is 1. The molecule has 0 aliphatic heterocycles. The number of alkyl halides is 2. The van der Waals surface area contributed by atoms with Gasteiger partial charge in [0.2, 0.25) is 0 Å². The largest absolute Gasteiger partial charge is 0.293 e. The van der Waals surface area contributed by atoms with E-state index >= 15 is 0 Å². The lowest BCUT2D eigenvalue weighted by molar-refractivity contribution is -0.00851. The van der Waals surface area contributed by atoms with E-state index in [1.54, 1.807) is 6.92 Å². The first kappa shape index (κ1) is 24.8. The van der Waals surface area contributed by atoms with Crippen molar-refractivity contribution in [2.75, 3.05) is 0 Å². The van der Waals surface area contributed by atoms with E-state index in [0.717, 1.165) is 18.4 Å². The van der Waals surface area contributed by atoms with Gasteiger partial charge in [0.05, 0.1) is 11.6 Å². The van der Waals surface area contributed by atoms with Crippen LogP contribution in [-0.4, -0.2) is 4.98 Å². The Morgan fingerprint density at radius 2 is 1.36 bits per heavy atom. The Hall–Kier alpha value is -4.35. The Kier molecular flexibility index (Phi) is 7.52. The molecule has 4 aromatic rings. The summed E-state index contributed by atoms with van der Waals surface area (Å²) in [6, 6.07) is 24.3. The molecule has 4 rings (SSSR count). The highest BCUT2D eigenvalue weighted by Gasteiger charge is 2.33. The number of nitrogens with zero attached hydrogens (tertiary/aromatic N) is 2. The van der Waals surface area contributed by atoms with Crippen molar-refractivity contribution < 1.29 is 13.2 Å². The van der Waals surface area contributed by atoms with Crippen LogP contribution in [0.15, 0.2) is 85.1 Å². The topological polar surface area (TPSA) is 36.7 Å². The maximum atomic E-state index is 14.7. The van der Waals surface area contributed by atoms with Crippen molar-refractivity contribution in [1.29, 1.82) is 5.26 Å². The second-order valence-corrected chi connectivity index (χ2v) is 8.64. The summed E-state index contributed by atoms with van der Waals surface area (Å²) >= 11 is 0. The molecule has 0 aliphatic carbocycles. The first-order chi connectivity index (χ1) is 17.3. The smallest absolute Gasteiger partial charge is 0.254 e. The molecular weight excluding hydrogens is 457 g/mol. The van der Waals surface area contributed by atoms with Crippen LogP contribution in [-0.2, 0) is 25.2 Å². The van der Waals surface area contributed by atoms with Gasteiger partial charge in [-0.25, -0.2) is 4.39 Å². The van der Waals surface area contributed by atoms with Gasteiger partial charge in [-0.3, -0.25) is 4.98 Å². The van der Waals surface area contributed by atoms with Gasteiger partial charge in [0.25, 0.3) is 5.92 Å². The average molecular weight is 481 g/mol. The minimum Gasteiger partial charge on any atom is -0.254 e. The molecule has 3 aromatic carbocycles. The lowest BCUT2D eigenvalue weighted by atomic mass is 9.99. The summed E-state index contributed by atoms with van der Waals surface area (Å²) in [6.07, 6.45) is 2.55. The molecule has 0 N–H and O–H groups in total. The average Bonchev–Trinajstić information content (AvgIpc) is 2.89. The van der Waals surface area contributed by atoms with E-state index in [4.69, 9.17) is 5.26 Å². The molecule has 0 saturated carbocycles. The zero-order chi connectivity index (χ0) is 25.5. The molecule has 0 atom stereocenters. The first-order valence-electron chi connectivity index (χ1n) is 11.5. The zero-order valence-electron chi connectivity index (χ0n) is 19.7. The SMILES string of the molecule is Cc1cc(F)ccc1CC(F)(F)c1ccc(C#Cc2ccc(CCc3ccc(C#N)cc3)cc2)cn1. The number of halogens is 3. The van der Waals surface area contributed by atoms with Crippen molar-refractivity contribution >= 4 is 0 Å². The molecule has 5 heteroatoms. The summed E-state index contributed by atoms with van der Waals surface area (Å²) in [5.74, 6) is 2.38. The number of benzene rings is 3. The van der Waals surface area contributed by atoms with Gasteiger partial charge >= 0.3 is 0 Å². The van der Waals surface area contributed by atoms with Crippen LogP contribution in [0, 0.1) is 35.9 Å². The molecule has 178 valence electrons. The molecule has 1 aromatic heterocycles. The normalized spacial score (nSPS) is 10.9. The minimum atomic E-state index is -3.18. The van der Waals surface area contributed by atoms with Crippen LogP contribution in [0.25, 0.3) is 0 Å². The fraction of sp³-hybridized carbons (Fsp3) is 0.161. The summed E-state index contributed by atoms with van der Waals surface area (Å²) in [5, 5.41) is 8.88. The molecule has 0 saturated heterocycles. The van der Waals surface area contributed by atoms with Gasteiger partial charge in [0.1, 0.15) is 11.5 Å². The molecule has 0 unspecified atom stereocenters. The number of aromatic nitrogens is 1. The summed E-state index contributed by atoms with van der Waals surface area (Å²) in [6.45, 7) is 1.61. The second-order valence-electron chi connectivity index (χ2n) is 8.64. The van der Waals surface area contributed by atoms with Crippen LogP contribution in [0.4, 0.5) is 13.2 Å². The monoisotopic (exact) mass is 480 g/mol. The van der Waals surface area contributed by atoms with Crippen LogP contribution >= 0.6 is 0 Å². The van der Waals surface area contributed by atoms with Crippen LogP contribution < -0.4 is 0 Å². The Morgan fingerprint density at radius 1 is 0.778 bits per heavy atom. The molecular formula is C31H23F3N2. The van der Waals surface area contributed by atoms with Gasteiger partial charge in [-0.05, 0) is 90.6 Å². The lowest BCUT2D eigenvalue weighted by Gasteiger charge is -2.17. The minimum absolute atomic E-state index is 0.344. The molecule has 0 amide bonds. The van der Waals surface area contributed by atoms with Gasteiger partial charge in [0.15, 0.2) is 0 Å². The van der Waals surface area contributed by atoms with Gasteiger partial charge in [-0.1, -0.05) is 42.2 Å². The zero-order valence-corrected chi connectivity index (χ0v) is 19.7. The number of nitriles is 1. The summed E-state index contributed by atoms with van der Waals surface area (Å²) < 4.78 is 42.7. The Labute approximate surface area is 209 Å². The van der Waals surface area contributed by atoms with Crippen molar-refractivity contribution in [3.8, 4) is 17.9 Å². The number of hydrogen-bond acceptors (Lipinski definition) is 2. The molecule has 1 heterocycles. The number of hydrogen-bond donors (Lipinski definition) is 0. The molecule has 36 heavy (non-hydrogen) atoms. The Bertz CT molecular complexity index is 1440. The molecule has 0 spiro atoms. The molecule has 0 bridgehead atoms. The van der Waals surface area contributed by atoms with Gasteiger partial charge in [-0.2, -0.15) is 14.0 Å². The lowest BCUT2D eigenvalue weighted by Crippen LogP contribution is -2.19. The highest BCUT2D eigenvalue weighted by molar-refractivity contribution is 5.43. The van der Waals surface area contributed by atoms with Crippen molar-refractivity contribution in [3.63, 3.8) is 0 Å². The van der Waals surface area contributed by atoms with Gasteiger partial charge in [0, 0.05) is 23.7 Å². The van der Waals surface area contributed by atoms with Crippen LogP contribution in [0.5, 0.6) is 0 Å². The van der Waals surface area contributed by atoms with Gasteiger partial charge in [-0.15, -0.1) is 0 Å². The van der Waals surface area contributed by atoms with E-state index in [2.05, 4.69) is 22.9 Å². The molecule has 2 nitrogen and oxygen atoms in total. The van der Waals surface area contributed by atoms with Crippen molar-refractivity contribution in [3.05, 3.63) is 136 Å². The fourth-order valence-corrected chi connectivity index (χ4v) is 3.81. The van der Waals surface area contributed by atoms with Crippen molar-refractivity contribution in [1.82, 2.24) is 4.98 Å². The highest BCUT2D eigenvalue weighted by atomic mass is 19.3. The van der Waals surface area contributed by atoms with Crippen LogP contribution in [0.3, 0.4) is 0 Å². The predicted octanol–water partition coefficient (Wildman–Crippen LogP) is 6.92. The quantitative estimate of drug-likeness (QED) is 0.281.